The summed E-state index contributed by atoms with van der Waals surface area (Å²) in [6.45, 7) is 4.97. The molecule has 2 aromatic carbocycles. The highest BCUT2D eigenvalue weighted by Gasteiger charge is 2.17. The Balaban J connectivity index is 2.02. The molecule has 25 heavy (non-hydrogen) atoms. The van der Waals surface area contributed by atoms with Crippen LogP contribution in [-0.4, -0.2) is 26.7 Å². The molecular formula is C21H27NO3. The summed E-state index contributed by atoms with van der Waals surface area (Å²) >= 11 is 0. The molecule has 0 aliphatic rings. The monoisotopic (exact) mass is 341 g/mol. The van der Waals surface area contributed by atoms with Gasteiger partial charge in [0.25, 0.3) is 0 Å². The maximum Gasteiger partial charge on any atom is 0.224 e. The fourth-order valence-corrected chi connectivity index (χ4v) is 2.92. The molecule has 0 radical (unpaired) electrons. The first kappa shape index (κ1) is 18.8. The lowest BCUT2D eigenvalue weighted by Crippen LogP contribution is -2.31. The number of ether oxygens (including phenoxy) is 2. The number of hydrogen-bond donors (Lipinski definition) is 1. The Kier molecular flexibility index (Phi) is 6.87. The average molecular weight is 341 g/mol. The summed E-state index contributed by atoms with van der Waals surface area (Å²) in [5.41, 5.74) is 2.07. The standard InChI is InChI=1S/C21H27NO3/c1-15(2)19(16-8-6-5-7-9-16)14-22-21(23)13-17-12-18(24-3)10-11-20(17)25-4/h5-12,15,19H,13-14H2,1-4H3,(H,22,23). The molecule has 1 unspecified atom stereocenters. The third-order valence-corrected chi connectivity index (χ3v) is 4.39. The smallest absolute Gasteiger partial charge is 0.224 e. The van der Waals surface area contributed by atoms with Crippen LogP contribution in [0.25, 0.3) is 0 Å². The van der Waals surface area contributed by atoms with E-state index in [0.717, 1.165) is 5.56 Å². The van der Waals surface area contributed by atoms with Crippen molar-refractivity contribution in [2.24, 2.45) is 5.92 Å². The van der Waals surface area contributed by atoms with E-state index in [4.69, 9.17) is 9.47 Å². The van der Waals surface area contributed by atoms with E-state index >= 15 is 0 Å². The highest BCUT2D eigenvalue weighted by molar-refractivity contribution is 5.79. The minimum Gasteiger partial charge on any atom is -0.497 e. The molecule has 0 aliphatic carbocycles. The third kappa shape index (κ3) is 5.24. The van der Waals surface area contributed by atoms with Gasteiger partial charge in [0.05, 0.1) is 20.6 Å². The van der Waals surface area contributed by atoms with Crippen LogP contribution in [0.15, 0.2) is 48.5 Å². The van der Waals surface area contributed by atoms with E-state index in [9.17, 15) is 4.79 Å². The molecule has 2 aromatic rings. The fraction of sp³-hybridized carbons (Fsp3) is 0.381. The zero-order chi connectivity index (χ0) is 18.2. The molecule has 0 heterocycles. The van der Waals surface area contributed by atoms with Crippen LogP contribution in [0.3, 0.4) is 0 Å². The molecule has 0 spiro atoms. The second kappa shape index (κ2) is 9.11. The SMILES string of the molecule is COc1ccc(OC)c(CC(=O)NCC(c2ccccc2)C(C)C)c1. The van der Waals surface area contributed by atoms with Crippen molar-refractivity contribution in [1.82, 2.24) is 5.32 Å². The van der Waals surface area contributed by atoms with Crippen molar-refractivity contribution in [3.63, 3.8) is 0 Å². The Morgan fingerprint density at radius 1 is 1.04 bits per heavy atom. The molecule has 1 atom stereocenters. The number of carbonyl (C=O) groups is 1. The molecule has 0 saturated carbocycles. The molecule has 0 aliphatic heterocycles. The molecule has 1 amide bonds. The molecular weight excluding hydrogens is 314 g/mol. The topological polar surface area (TPSA) is 47.6 Å². The van der Waals surface area contributed by atoms with Gasteiger partial charge in [-0.15, -0.1) is 0 Å². The third-order valence-electron chi connectivity index (χ3n) is 4.39. The van der Waals surface area contributed by atoms with Gasteiger partial charge in [0, 0.05) is 18.0 Å². The quantitative estimate of drug-likeness (QED) is 0.794. The van der Waals surface area contributed by atoms with Crippen LogP contribution in [0.4, 0.5) is 0 Å². The Labute approximate surface area is 150 Å². The number of carbonyl (C=O) groups excluding carboxylic acids is 1. The first-order chi connectivity index (χ1) is 12.0. The molecule has 0 saturated heterocycles. The summed E-state index contributed by atoms with van der Waals surface area (Å²) in [5, 5.41) is 3.06. The first-order valence-corrected chi connectivity index (χ1v) is 8.57. The number of benzene rings is 2. The number of amides is 1. The zero-order valence-corrected chi connectivity index (χ0v) is 15.4. The first-order valence-electron chi connectivity index (χ1n) is 8.57. The van der Waals surface area contributed by atoms with Gasteiger partial charge >= 0.3 is 0 Å². The highest BCUT2D eigenvalue weighted by Crippen LogP contribution is 2.25. The lowest BCUT2D eigenvalue weighted by Gasteiger charge is -2.22. The normalized spacial score (nSPS) is 11.9. The Hall–Kier alpha value is -2.49. The molecule has 2 rings (SSSR count). The van der Waals surface area contributed by atoms with Gasteiger partial charge in [0.15, 0.2) is 0 Å². The van der Waals surface area contributed by atoms with Gasteiger partial charge in [-0.25, -0.2) is 0 Å². The Bertz CT molecular complexity index is 683. The van der Waals surface area contributed by atoms with Gasteiger partial charge in [-0.05, 0) is 29.7 Å². The predicted octanol–water partition coefficient (Wildman–Crippen LogP) is 3.80. The lowest BCUT2D eigenvalue weighted by molar-refractivity contribution is -0.120. The molecule has 1 N–H and O–H groups in total. The number of methoxy groups -OCH3 is 2. The van der Waals surface area contributed by atoms with Crippen molar-refractivity contribution in [3.8, 4) is 11.5 Å². The Morgan fingerprint density at radius 3 is 2.36 bits per heavy atom. The highest BCUT2D eigenvalue weighted by atomic mass is 16.5. The second-order valence-electron chi connectivity index (χ2n) is 6.42. The van der Waals surface area contributed by atoms with E-state index in [1.807, 2.05) is 36.4 Å². The van der Waals surface area contributed by atoms with Gasteiger partial charge in [-0.1, -0.05) is 44.2 Å². The molecule has 4 heteroatoms. The number of nitrogens with one attached hydrogen (secondary N) is 1. The summed E-state index contributed by atoms with van der Waals surface area (Å²) in [4.78, 5) is 12.4. The van der Waals surface area contributed by atoms with Crippen molar-refractivity contribution in [2.75, 3.05) is 20.8 Å². The summed E-state index contributed by atoms with van der Waals surface area (Å²) in [7, 11) is 3.21. The van der Waals surface area contributed by atoms with E-state index in [1.165, 1.54) is 5.56 Å². The van der Waals surface area contributed by atoms with Crippen LogP contribution in [0, 0.1) is 5.92 Å². The number of rotatable bonds is 8. The molecule has 134 valence electrons. The molecule has 0 bridgehead atoms. The van der Waals surface area contributed by atoms with Crippen LogP contribution < -0.4 is 14.8 Å². The number of hydrogen-bond acceptors (Lipinski definition) is 3. The van der Waals surface area contributed by atoms with E-state index in [0.29, 0.717) is 24.0 Å². The Morgan fingerprint density at radius 2 is 1.76 bits per heavy atom. The summed E-state index contributed by atoms with van der Waals surface area (Å²) in [6.07, 6.45) is 0.264. The van der Waals surface area contributed by atoms with Gasteiger partial charge < -0.3 is 14.8 Å². The van der Waals surface area contributed by atoms with Crippen LogP contribution >= 0.6 is 0 Å². The largest absolute Gasteiger partial charge is 0.497 e. The van der Waals surface area contributed by atoms with Gasteiger partial charge in [-0.2, -0.15) is 0 Å². The minimum absolute atomic E-state index is 0.0202. The van der Waals surface area contributed by atoms with Crippen molar-refractivity contribution < 1.29 is 14.3 Å². The van der Waals surface area contributed by atoms with Crippen LogP contribution in [0.2, 0.25) is 0 Å². The van der Waals surface area contributed by atoms with Crippen LogP contribution in [0.1, 0.15) is 30.9 Å². The maximum absolute atomic E-state index is 12.4. The zero-order valence-electron chi connectivity index (χ0n) is 15.4. The fourth-order valence-electron chi connectivity index (χ4n) is 2.92. The van der Waals surface area contributed by atoms with Crippen molar-refractivity contribution in [2.45, 2.75) is 26.2 Å². The van der Waals surface area contributed by atoms with Crippen LogP contribution in [-0.2, 0) is 11.2 Å². The summed E-state index contributed by atoms with van der Waals surface area (Å²) in [6, 6.07) is 15.8. The van der Waals surface area contributed by atoms with Crippen molar-refractivity contribution in [3.05, 3.63) is 59.7 Å². The van der Waals surface area contributed by atoms with E-state index in [2.05, 4.69) is 31.3 Å². The lowest BCUT2D eigenvalue weighted by atomic mass is 9.88. The average Bonchev–Trinajstić information content (AvgIpc) is 2.62. The summed E-state index contributed by atoms with van der Waals surface area (Å²) < 4.78 is 10.6. The summed E-state index contributed by atoms with van der Waals surface area (Å²) in [5.74, 6) is 2.12. The van der Waals surface area contributed by atoms with Gasteiger partial charge in [0.1, 0.15) is 11.5 Å². The second-order valence-corrected chi connectivity index (χ2v) is 6.42. The van der Waals surface area contributed by atoms with Crippen molar-refractivity contribution >= 4 is 5.91 Å². The van der Waals surface area contributed by atoms with Gasteiger partial charge in [-0.3, -0.25) is 4.79 Å². The van der Waals surface area contributed by atoms with E-state index in [1.54, 1.807) is 14.2 Å². The molecule has 0 fully saturated rings. The minimum atomic E-state index is -0.0202. The molecule has 0 aromatic heterocycles. The van der Waals surface area contributed by atoms with E-state index in [-0.39, 0.29) is 18.2 Å². The predicted molar refractivity (Wildman–Crippen MR) is 100 cm³/mol. The van der Waals surface area contributed by atoms with Crippen molar-refractivity contribution in [1.29, 1.82) is 0 Å². The maximum atomic E-state index is 12.4. The molecule has 4 nitrogen and oxygen atoms in total. The van der Waals surface area contributed by atoms with Gasteiger partial charge in [0.2, 0.25) is 5.91 Å². The van der Waals surface area contributed by atoms with Crippen LogP contribution in [0.5, 0.6) is 11.5 Å². The van der Waals surface area contributed by atoms with E-state index < -0.39 is 0 Å².